The van der Waals surface area contributed by atoms with Crippen molar-refractivity contribution in [2.24, 2.45) is 5.92 Å². The van der Waals surface area contributed by atoms with Crippen molar-refractivity contribution in [2.75, 3.05) is 6.61 Å². The van der Waals surface area contributed by atoms with Gasteiger partial charge in [0.1, 0.15) is 0 Å². The Labute approximate surface area is 136 Å². The zero-order chi connectivity index (χ0) is 14.5. The van der Waals surface area contributed by atoms with Crippen LogP contribution in [-0.2, 0) is 20.9 Å². The van der Waals surface area contributed by atoms with Gasteiger partial charge in [0.25, 0.3) is 0 Å². The van der Waals surface area contributed by atoms with Gasteiger partial charge in [-0.2, -0.15) is 0 Å². The summed E-state index contributed by atoms with van der Waals surface area (Å²) in [5, 5.41) is 0. The average molecular weight is 406 g/mol. The highest BCUT2D eigenvalue weighted by Crippen LogP contribution is 2.35. The van der Waals surface area contributed by atoms with E-state index >= 15 is 0 Å². The molecule has 110 valence electrons. The lowest BCUT2D eigenvalue weighted by Crippen LogP contribution is -2.18. The van der Waals surface area contributed by atoms with E-state index in [2.05, 4.69) is 31.9 Å². The summed E-state index contributed by atoms with van der Waals surface area (Å²) < 4.78 is 12.1. The van der Waals surface area contributed by atoms with Gasteiger partial charge in [-0.1, -0.05) is 50.1 Å². The van der Waals surface area contributed by atoms with Crippen LogP contribution in [0.25, 0.3) is 0 Å². The number of benzene rings is 1. The molecule has 1 aliphatic carbocycles. The molecule has 1 aliphatic rings. The number of hydrogen-bond donors (Lipinski definition) is 0. The predicted octanol–water partition coefficient (Wildman–Crippen LogP) is 4.07. The molecule has 3 atom stereocenters. The van der Waals surface area contributed by atoms with Crippen molar-refractivity contribution in [3.8, 4) is 0 Å². The van der Waals surface area contributed by atoms with Crippen LogP contribution < -0.4 is 0 Å². The Kier molecular flexibility index (Phi) is 6.05. The SMILES string of the molecule is CCOC(=O)C1CC(Br)C(OCc2ccccc2Br)C1. The first-order valence-corrected chi connectivity index (χ1v) is 8.48. The van der Waals surface area contributed by atoms with Crippen molar-refractivity contribution in [1.82, 2.24) is 0 Å². The highest BCUT2D eigenvalue weighted by Gasteiger charge is 2.38. The van der Waals surface area contributed by atoms with E-state index in [1.807, 2.05) is 31.2 Å². The van der Waals surface area contributed by atoms with Crippen LogP contribution in [0.3, 0.4) is 0 Å². The van der Waals surface area contributed by atoms with E-state index in [0.717, 1.165) is 22.9 Å². The largest absolute Gasteiger partial charge is 0.466 e. The standard InChI is InChI=1S/C15H18Br2O3/c1-2-19-15(18)11-7-13(17)14(8-11)20-9-10-5-3-4-6-12(10)16/h3-6,11,13-14H,2,7-9H2,1H3. The molecule has 3 unspecified atom stereocenters. The topological polar surface area (TPSA) is 35.5 Å². The summed E-state index contributed by atoms with van der Waals surface area (Å²) in [4.78, 5) is 12.0. The second kappa shape index (κ2) is 7.57. The molecule has 20 heavy (non-hydrogen) atoms. The van der Waals surface area contributed by atoms with E-state index < -0.39 is 0 Å². The van der Waals surface area contributed by atoms with Crippen LogP contribution in [0, 0.1) is 5.92 Å². The Bertz CT molecular complexity index is 464. The van der Waals surface area contributed by atoms with Gasteiger partial charge in [-0.05, 0) is 31.4 Å². The number of halogens is 2. The third-order valence-corrected chi connectivity index (χ3v) is 5.20. The molecule has 0 saturated heterocycles. The summed E-state index contributed by atoms with van der Waals surface area (Å²) in [5.41, 5.74) is 1.12. The van der Waals surface area contributed by atoms with Crippen molar-refractivity contribution >= 4 is 37.8 Å². The molecule has 0 aromatic heterocycles. The third-order valence-electron chi connectivity index (χ3n) is 3.46. The molecule has 0 amide bonds. The summed E-state index contributed by atoms with van der Waals surface area (Å²) >= 11 is 7.12. The zero-order valence-electron chi connectivity index (χ0n) is 11.4. The fourth-order valence-corrected chi connectivity index (χ4v) is 3.60. The molecule has 0 spiro atoms. The quantitative estimate of drug-likeness (QED) is 0.547. The fourth-order valence-electron chi connectivity index (χ4n) is 2.39. The Morgan fingerprint density at radius 3 is 2.80 bits per heavy atom. The maximum atomic E-state index is 11.8. The van der Waals surface area contributed by atoms with Crippen LogP contribution in [0.4, 0.5) is 0 Å². The van der Waals surface area contributed by atoms with E-state index in [9.17, 15) is 4.79 Å². The molecular formula is C15H18Br2O3. The minimum absolute atomic E-state index is 0.0523. The predicted molar refractivity (Wildman–Crippen MR) is 84.8 cm³/mol. The van der Waals surface area contributed by atoms with Crippen LogP contribution >= 0.6 is 31.9 Å². The highest BCUT2D eigenvalue weighted by molar-refractivity contribution is 9.10. The normalized spacial score (nSPS) is 25.6. The average Bonchev–Trinajstić information content (AvgIpc) is 2.80. The summed E-state index contributed by atoms with van der Waals surface area (Å²) in [7, 11) is 0. The van der Waals surface area contributed by atoms with Gasteiger partial charge >= 0.3 is 5.97 Å². The second-order valence-corrected chi connectivity index (χ2v) is 6.91. The van der Waals surface area contributed by atoms with Crippen LogP contribution in [-0.4, -0.2) is 23.5 Å². The number of esters is 1. The molecule has 0 N–H and O–H groups in total. The molecule has 1 saturated carbocycles. The first-order valence-electron chi connectivity index (χ1n) is 6.77. The second-order valence-electron chi connectivity index (χ2n) is 4.88. The lowest BCUT2D eigenvalue weighted by molar-refractivity contribution is -0.148. The number of ether oxygens (including phenoxy) is 2. The molecule has 0 bridgehead atoms. The van der Waals surface area contributed by atoms with Gasteiger partial charge in [0.05, 0.1) is 25.2 Å². The Morgan fingerprint density at radius 1 is 1.35 bits per heavy atom. The summed E-state index contributed by atoms with van der Waals surface area (Å²) in [6.07, 6.45) is 1.55. The van der Waals surface area contributed by atoms with Gasteiger partial charge in [0.15, 0.2) is 0 Å². The molecule has 5 heteroatoms. The first kappa shape index (κ1) is 16.0. The lowest BCUT2D eigenvalue weighted by Gasteiger charge is -2.15. The van der Waals surface area contributed by atoms with E-state index in [1.165, 1.54) is 0 Å². The van der Waals surface area contributed by atoms with E-state index in [4.69, 9.17) is 9.47 Å². The van der Waals surface area contributed by atoms with Crippen molar-refractivity contribution in [3.05, 3.63) is 34.3 Å². The van der Waals surface area contributed by atoms with E-state index in [0.29, 0.717) is 13.2 Å². The number of hydrogen-bond acceptors (Lipinski definition) is 3. The van der Waals surface area contributed by atoms with Gasteiger partial charge < -0.3 is 9.47 Å². The minimum Gasteiger partial charge on any atom is -0.466 e. The van der Waals surface area contributed by atoms with Gasteiger partial charge in [0, 0.05) is 9.30 Å². The molecule has 1 aromatic rings. The summed E-state index contributed by atoms with van der Waals surface area (Å²) in [6.45, 7) is 2.81. The number of alkyl halides is 1. The third kappa shape index (κ3) is 4.06. The van der Waals surface area contributed by atoms with Crippen LogP contribution in [0.2, 0.25) is 0 Å². The molecule has 0 radical (unpaired) electrons. The van der Waals surface area contributed by atoms with Gasteiger partial charge in [0.2, 0.25) is 0 Å². The molecule has 1 aromatic carbocycles. The number of carbonyl (C=O) groups excluding carboxylic acids is 1. The van der Waals surface area contributed by atoms with Gasteiger partial charge in [-0.25, -0.2) is 0 Å². The van der Waals surface area contributed by atoms with Crippen molar-refractivity contribution in [2.45, 2.75) is 37.3 Å². The molecule has 0 heterocycles. The lowest BCUT2D eigenvalue weighted by atomic mass is 10.1. The maximum absolute atomic E-state index is 11.8. The molecular weight excluding hydrogens is 388 g/mol. The van der Waals surface area contributed by atoms with E-state index in [1.54, 1.807) is 0 Å². The molecule has 0 aliphatic heterocycles. The van der Waals surface area contributed by atoms with E-state index in [-0.39, 0.29) is 22.8 Å². The fraction of sp³-hybridized carbons (Fsp3) is 0.533. The molecule has 3 nitrogen and oxygen atoms in total. The van der Waals surface area contributed by atoms with Crippen LogP contribution in [0.1, 0.15) is 25.3 Å². The Morgan fingerprint density at radius 2 is 2.10 bits per heavy atom. The molecule has 1 fully saturated rings. The summed E-state index contributed by atoms with van der Waals surface area (Å²) in [6, 6.07) is 8.00. The summed E-state index contributed by atoms with van der Waals surface area (Å²) in [5.74, 6) is -0.160. The smallest absolute Gasteiger partial charge is 0.309 e. The first-order chi connectivity index (χ1) is 9.61. The van der Waals surface area contributed by atoms with Crippen molar-refractivity contribution in [1.29, 1.82) is 0 Å². The monoisotopic (exact) mass is 404 g/mol. The molecule has 2 rings (SSSR count). The maximum Gasteiger partial charge on any atom is 0.309 e. The van der Waals surface area contributed by atoms with Crippen molar-refractivity contribution in [3.63, 3.8) is 0 Å². The Balaban J connectivity index is 1.88. The minimum atomic E-state index is -0.107. The highest BCUT2D eigenvalue weighted by atomic mass is 79.9. The van der Waals surface area contributed by atoms with Crippen LogP contribution in [0.15, 0.2) is 28.7 Å². The zero-order valence-corrected chi connectivity index (χ0v) is 14.5. The van der Waals surface area contributed by atoms with Crippen molar-refractivity contribution < 1.29 is 14.3 Å². The van der Waals surface area contributed by atoms with Crippen LogP contribution in [0.5, 0.6) is 0 Å². The number of rotatable bonds is 5. The number of carbonyl (C=O) groups is 1. The van der Waals surface area contributed by atoms with Gasteiger partial charge in [-0.3, -0.25) is 4.79 Å². The van der Waals surface area contributed by atoms with Gasteiger partial charge in [-0.15, -0.1) is 0 Å². The Hall–Kier alpha value is -0.390.